The van der Waals surface area contributed by atoms with Gasteiger partial charge in [0.05, 0.1) is 6.54 Å². The van der Waals surface area contributed by atoms with Gasteiger partial charge >= 0.3 is 0 Å². The molecule has 7 heteroatoms. The minimum Gasteiger partial charge on any atom is -0.357 e. The maximum atomic E-state index is 6.21. The van der Waals surface area contributed by atoms with Crippen molar-refractivity contribution in [2.24, 2.45) is 4.99 Å². The van der Waals surface area contributed by atoms with Crippen LogP contribution in [0.1, 0.15) is 23.9 Å². The largest absolute Gasteiger partial charge is 0.357 e. The molecular weight excluding hydrogens is 360 g/mol. The Bertz CT molecular complexity index is 901. The van der Waals surface area contributed by atoms with Gasteiger partial charge in [0.15, 0.2) is 5.96 Å². The van der Waals surface area contributed by atoms with E-state index in [2.05, 4.69) is 25.6 Å². The standard InChI is InChI=1S/C20H23ClN6/c1-3-22-20(26-14-17-6-4-5-7-18(17)21)25-13-16-8-9-19(24-12-16)27-11-10-23-15(27)2/h4-12H,3,13-14H2,1-2H3,(H2,22,25,26). The number of guanidine groups is 1. The first-order chi connectivity index (χ1) is 13.2. The number of aryl methyl sites for hydroxylation is 1. The first kappa shape index (κ1) is 18.9. The van der Waals surface area contributed by atoms with Crippen LogP contribution in [0.3, 0.4) is 0 Å². The van der Waals surface area contributed by atoms with Crippen molar-refractivity contribution in [2.75, 3.05) is 6.54 Å². The topological polar surface area (TPSA) is 67.1 Å². The Morgan fingerprint density at radius 2 is 2.00 bits per heavy atom. The summed E-state index contributed by atoms with van der Waals surface area (Å²) in [7, 11) is 0. The molecule has 0 aliphatic carbocycles. The van der Waals surface area contributed by atoms with Crippen molar-refractivity contribution < 1.29 is 0 Å². The van der Waals surface area contributed by atoms with Crippen molar-refractivity contribution in [3.8, 4) is 5.82 Å². The van der Waals surface area contributed by atoms with Crippen molar-refractivity contribution in [3.63, 3.8) is 0 Å². The van der Waals surface area contributed by atoms with Crippen LogP contribution in [0.5, 0.6) is 0 Å². The minimum atomic E-state index is 0.536. The van der Waals surface area contributed by atoms with E-state index in [4.69, 9.17) is 11.6 Å². The Kier molecular flexibility index (Phi) is 6.44. The zero-order chi connectivity index (χ0) is 19.1. The number of benzene rings is 1. The first-order valence-corrected chi connectivity index (χ1v) is 9.26. The maximum absolute atomic E-state index is 6.21. The molecule has 1 aromatic carbocycles. The van der Waals surface area contributed by atoms with E-state index in [1.807, 2.05) is 67.2 Å². The van der Waals surface area contributed by atoms with Gasteiger partial charge < -0.3 is 10.6 Å². The SMILES string of the molecule is CCNC(=NCc1ccc(-n2ccnc2C)nc1)NCc1ccccc1Cl. The molecule has 0 spiro atoms. The molecule has 0 aliphatic rings. The second kappa shape index (κ2) is 9.19. The van der Waals surface area contributed by atoms with Crippen LogP contribution in [-0.4, -0.2) is 27.0 Å². The zero-order valence-electron chi connectivity index (χ0n) is 15.5. The number of aromatic nitrogens is 3. The van der Waals surface area contributed by atoms with Gasteiger partial charge in [-0.15, -0.1) is 0 Å². The summed E-state index contributed by atoms with van der Waals surface area (Å²) in [6, 6.07) is 11.8. The summed E-state index contributed by atoms with van der Waals surface area (Å²) in [5, 5.41) is 7.30. The number of imidazole rings is 1. The second-order valence-electron chi connectivity index (χ2n) is 6.01. The summed E-state index contributed by atoms with van der Waals surface area (Å²) in [5.41, 5.74) is 2.07. The van der Waals surface area contributed by atoms with E-state index in [0.717, 1.165) is 40.3 Å². The van der Waals surface area contributed by atoms with E-state index >= 15 is 0 Å². The van der Waals surface area contributed by atoms with Crippen LogP contribution in [0.4, 0.5) is 0 Å². The number of aliphatic imine (C=N–C) groups is 1. The lowest BCUT2D eigenvalue weighted by Gasteiger charge is -2.12. The fourth-order valence-electron chi connectivity index (χ4n) is 2.61. The van der Waals surface area contributed by atoms with E-state index in [1.165, 1.54) is 0 Å². The highest BCUT2D eigenvalue weighted by Gasteiger charge is 2.04. The second-order valence-corrected chi connectivity index (χ2v) is 6.42. The highest BCUT2D eigenvalue weighted by Crippen LogP contribution is 2.14. The molecule has 2 aromatic heterocycles. The van der Waals surface area contributed by atoms with E-state index in [0.29, 0.717) is 13.1 Å². The first-order valence-electron chi connectivity index (χ1n) is 8.88. The van der Waals surface area contributed by atoms with E-state index in [9.17, 15) is 0 Å². The number of hydrogen-bond acceptors (Lipinski definition) is 3. The van der Waals surface area contributed by atoms with Crippen LogP contribution in [0.15, 0.2) is 60.0 Å². The summed E-state index contributed by atoms with van der Waals surface area (Å²) >= 11 is 6.21. The molecule has 27 heavy (non-hydrogen) atoms. The number of pyridine rings is 1. The van der Waals surface area contributed by atoms with Gasteiger partial charge in [0.2, 0.25) is 0 Å². The molecule has 6 nitrogen and oxygen atoms in total. The number of nitrogens with one attached hydrogen (secondary N) is 2. The third kappa shape index (κ3) is 5.08. The molecular formula is C20H23ClN6. The smallest absolute Gasteiger partial charge is 0.191 e. The number of rotatable bonds is 6. The Labute approximate surface area is 164 Å². The molecule has 3 rings (SSSR count). The average molecular weight is 383 g/mol. The van der Waals surface area contributed by atoms with Gasteiger partial charge in [-0.05, 0) is 37.1 Å². The van der Waals surface area contributed by atoms with Crippen LogP contribution in [-0.2, 0) is 13.1 Å². The van der Waals surface area contributed by atoms with Crippen LogP contribution in [0.25, 0.3) is 5.82 Å². The summed E-state index contributed by atoms with van der Waals surface area (Å²) in [4.78, 5) is 13.4. The summed E-state index contributed by atoms with van der Waals surface area (Å²) in [5.74, 6) is 2.50. The van der Waals surface area contributed by atoms with Crippen LogP contribution in [0, 0.1) is 6.92 Å². The van der Waals surface area contributed by atoms with Gasteiger partial charge in [-0.1, -0.05) is 35.9 Å². The lowest BCUT2D eigenvalue weighted by molar-refractivity contribution is 0.815. The van der Waals surface area contributed by atoms with Crippen LogP contribution in [0.2, 0.25) is 5.02 Å². The highest BCUT2D eigenvalue weighted by molar-refractivity contribution is 6.31. The molecule has 3 aromatic rings. The van der Waals surface area contributed by atoms with Crippen molar-refractivity contribution in [1.82, 2.24) is 25.2 Å². The summed E-state index contributed by atoms with van der Waals surface area (Å²) < 4.78 is 1.95. The summed E-state index contributed by atoms with van der Waals surface area (Å²) in [6.45, 7) is 5.92. The lowest BCUT2D eigenvalue weighted by atomic mass is 10.2. The Hall–Kier alpha value is -2.86. The Morgan fingerprint density at radius 3 is 2.67 bits per heavy atom. The molecule has 0 saturated heterocycles. The van der Waals surface area contributed by atoms with E-state index in [-0.39, 0.29) is 0 Å². The number of nitrogens with zero attached hydrogens (tertiary/aromatic N) is 4. The van der Waals surface area contributed by atoms with Gasteiger partial charge in [0, 0.05) is 36.7 Å². The quantitative estimate of drug-likeness (QED) is 0.506. The monoisotopic (exact) mass is 382 g/mol. The minimum absolute atomic E-state index is 0.536. The molecule has 0 atom stereocenters. The van der Waals surface area contributed by atoms with Crippen molar-refractivity contribution in [1.29, 1.82) is 0 Å². The molecule has 0 amide bonds. The average Bonchev–Trinajstić information content (AvgIpc) is 3.11. The zero-order valence-corrected chi connectivity index (χ0v) is 16.2. The van der Waals surface area contributed by atoms with Crippen LogP contribution >= 0.6 is 11.6 Å². The third-order valence-electron chi connectivity index (χ3n) is 4.05. The number of hydrogen-bond donors (Lipinski definition) is 2. The molecule has 0 bridgehead atoms. The normalized spacial score (nSPS) is 11.4. The van der Waals surface area contributed by atoms with Crippen molar-refractivity contribution in [2.45, 2.75) is 26.9 Å². The Morgan fingerprint density at radius 1 is 1.15 bits per heavy atom. The van der Waals surface area contributed by atoms with Crippen molar-refractivity contribution >= 4 is 17.6 Å². The van der Waals surface area contributed by atoms with Crippen LogP contribution < -0.4 is 10.6 Å². The molecule has 0 unspecified atom stereocenters. The van der Waals surface area contributed by atoms with Gasteiger partial charge in [0.1, 0.15) is 11.6 Å². The molecule has 0 aliphatic heterocycles. The molecule has 0 saturated carbocycles. The van der Waals surface area contributed by atoms with Gasteiger partial charge in [-0.3, -0.25) is 4.57 Å². The van der Waals surface area contributed by atoms with Gasteiger partial charge in [-0.2, -0.15) is 0 Å². The predicted octanol–water partition coefficient (Wildman–Crippen LogP) is 3.48. The fourth-order valence-corrected chi connectivity index (χ4v) is 2.81. The molecule has 140 valence electrons. The van der Waals surface area contributed by atoms with E-state index < -0.39 is 0 Å². The Balaban J connectivity index is 1.64. The molecule has 2 N–H and O–H groups in total. The van der Waals surface area contributed by atoms with Gasteiger partial charge in [0.25, 0.3) is 0 Å². The third-order valence-corrected chi connectivity index (χ3v) is 4.42. The molecule has 0 radical (unpaired) electrons. The van der Waals surface area contributed by atoms with E-state index in [1.54, 1.807) is 6.20 Å². The van der Waals surface area contributed by atoms with Gasteiger partial charge in [-0.25, -0.2) is 15.0 Å². The molecule has 2 heterocycles. The predicted molar refractivity (Wildman–Crippen MR) is 109 cm³/mol. The molecule has 0 fully saturated rings. The fraction of sp³-hybridized carbons (Fsp3) is 0.250. The highest BCUT2D eigenvalue weighted by atomic mass is 35.5. The summed E-state index contributed by atoms with van der Waals surface area (Å²) in [6.07, 6.45) is 5.51. The van der Waals surface area contributed by atoms with Crippen molar-refractivity contribution in [3.05, 3.63) is 77.0 Å². The lowest BCUT2D eigenvalue weighted by Crippen LogP contribution is -2.36. The maximum Gasteiger partial charge on any atom is 0.191 e. The number of halogens is 1.